The van der Waals surface area contributed by atoms with E-state index in [1.165, 1.54) is 0 Å². The summed E-state index contributed by atoms with van der Waals surface area (Å²) in [7, 11) is 0. The molecule has 1 N–H and O–H groups in total. The molecule has 0 saturated heterocycles. The third kappa shape index (κ3) is 3.23. The molecule has 146 valence electrons. The number of carbonyl (C=O) groups is 1. The van der Waals surface area contributed by atoms with Crippen molar-refractivity contribution in [2.24, 2.45) is 0 Å². The minimum absolute atomic E-state index is 0.0339. The summed E-state index contributed by atoms with van der Waals surface area (Å²) in [5, 5.41) is 11.9. The van der Waals surface area contributed by atoms with Gasteiger partial charge in [0.05, 0.1) is 11.0 Å². The number of aryl methyl sites for hydroxylation is 1. The number of hydrogen-bond acceptors (Lipinski definition) is 5. The number of fused-ring (bicyclic) bond motifs is 3. The predicted octanol–water partition coefficient (Wildman–Crippen LogP) is 5.32. The Kier molecular flexibility index (Phi) is 4.52. The Morgan fingerprint density at radius 2 is 1.70 bits per heavy atom. The second-order valence-electron chi connectivity index (χ2n) is 6.90. The fraction of sp³-hybridized carbons (Fsp3) is 0.0435. The molecule has 3 aromatic carbocycles. The number of nitrogens with one attached hydrogen (secondary N) is 1. The average Bonchev–Trinajstić information content (AvgIpc) is 3.17. The van der Waals surface area contributed by atoms with E-state index in [2.05, 4.69) is 31.4 Å². The van der Waals surface area contributed by atoms with Crippen LogP contribution < -0.4 is 5.32 Å². The molecule has 0 radical (unpaired) electrons. The smallest absolute Gasteiger partial charge is 0.204 e. The molecule has 5 aromatic rings. The topological polar surface area (TPSA) is 72.2 Å². The lowest BCUT2D eigenvalue weighted by Crippen LogP contribution is -2.04. The maximum Gasteiger partial charge on any atom is 0.204 e. The van der Waals surface area contributed by atoms with Crippen LogP contribution in [0.1, 0.15) is 21.7 Å². The molecule has 0 spiro atoms. The number of anilines is 2. The number of hydrogen-bond donors (Lipinski definition) is 1. The van der Waals surface area contributed by atoms with Gasteiger partial charge in [-0.3, -0.25) is 9.20 Å². The summed E-state index contributed by atoms with van der Waals surface area (Å²) in [5.41, 5.74) is 4.27. The molecule has 0 unspecified atom stereocenters. The summed E-state index contributed by atoms with van der Waals surface area (Å²) in [4.78, 5) is 17.7. The van der Waals surface area contributed by atoms with Crippen molar-refractivity contribution in [1.82, 2.24) is 19.6 Å². The summed E-state index contributed by atoms with van der Waals surface area (Å²) < 4.78 is 2.92. The Bertz CT molecular complexity index is 1390. The van der Waals surface area contributed by atoms with Crippen molar-refractivity contribution >= 4 is 49.9 Å². The Balaban J connectivity index is 1.65. The van der Waals surface area contributed by atoms with Crippen molar-refractivity contribution in [2.45, 2.75) is 6.92 Å². The van der Waals surface area contributed by atoms with Crippen molar-refractivity contribution in [1.29, 1.82) is 0 Å². The molecule has 30 heavy (non-hydrogen) atoms. The van der Waals surface area contributed by atoms with Gasteiger partial charge in [-0.05, 0) is 49.4 Å². The first-order valence-electron chi connectivity index (χ1n) is 9.38. The molecule has 0 bridgehead atoms. The van der Waals surface area contributed by atoms with Crippen LogP contribution in [-0.2, 0) is 0 Å². The highest BCUT2D eigenvalue weighted by Crippen LogP contribution is 2.26. The number of benzene rings is 3. The fourth-order valence-corrected chi connectivity index (χ4v) is 3.69. The first-order valence-corrected chi connectivity index (χ1v) is 10.2. The second-order valence-corrected chi connectivity index (χ2v) is 7.81. The molecule has 0 saturated carbocycles. The van der Waals surface area contributed by atoms with Crippen LogP contribution in [0, 0.1) is 6.92 Å². The maximum atomic E-state index is 12.9. The lowest BCUT2D eigenvalue weighted by atomic mass is 10.0. The van der Waals surface area contributed by atoms with Crippen LogP contribution in [0.15, 0.2) is 77.3 Å². The van der Waals surface area contributed by atoms with Gasteiger partial charge < -0.3 is 5.32 Å². The van der Waals surface area contributed by atoms with Gasteiger partial charge >= 0.3 is 0 Å². The fourth-order valence-electron chi connectivity index (χ4n) is 3.42. The van der Waals surface area contributed by atoms with E-state index in [4.69, 9.17) is 4.98 Å². The normalized spacial score (nSPS) is 11.1. The average molecular weight is 458 g/mol. The van der Waals surface area contributed by atoms with E-state index in [-0.39, 0.29) is 5.78 Å². The third-order valence-corrected chi connectivity index (χ3v) is 5.42. The molecule has 2 heterocycles. The highest BCUT2D eigenvalue weighted by molar-refractivity contribution is 9.10. The van der Waals surface area contributed by atoms with Crippen LogP contribution in [-0.4, -0.2) is 25.4 Å². The number of carbonyl (C=O) groups excluding carboxylic acids is 1. The second kappa shape index (κ2) is 7.35. The van der Waals surface area contributed by atoms with Crippen molar-refractivity contribution < 1.29 is 4.79 Å². The van der Waals surface area contributed by atoms with Gasteiger partial charge in [0.1, 0.15) is 5.82 Å². The minimum atomic E-state index is -0.0339. The summed E-state index contributed by atoms with van der Waals surface area (Å²) in [6.45, 7) is 1.88. The molecule has 0 aliphatic carbocycles. The van der Waals surface area contributed by atoms with Gasteiger partial charge in [-0.1, -0.05) is 46.3 Å². The molecule has 6 nitrogen and oxygen atoms in total. The van der Waals surface area contributed by atoms with Gasteiger partial charge in [0.2, 0.25) is 5.65 Å². The van der Waals surface area contributed by atoms with Gasteiger partial charge in [-0.25, -0.2) is 4.98 Å². The summed E-state index contributed by atoms with van der Waals surface area (Å²) in [6.07, 6.45) is 0. The lowest BCUT2D eigenvalue weighted by molar-refractivity contribution is 0.103. The number of nitrogens with zero attached hydrogens (tertiary/aromatic N) is 4. The molecule has 2 aromatic heterocycles. The standard InChI is InChI=1S/C23H16BrN5O/c1-14-27-28-23-22(25-18-10-8-17(24)9-11-18)26-19-12-7-16(13-20(19)29(14)23)21(30)15-5-3-2-4-6-15/h2-13H,1H3,(H,25,26). The van der Waals surface area contributed by atoms with Crippen LogP contribution in [0.25, 0.3) is 16.7 Å². The van der Waals surface area contributed by atoms with Crippen molar-refractivity contribution in [3.63, 3.8) is 0 Å². The molecule has 0 atom stereocenters. The highest BCUT2D eigenvalue weighted by Gasteiger charge is 2.16. The van der Waals surface area contributed by atoms with E-state index < -0.39 is 0 Å². The van der Waals surface area contributed by atoms with E-state index >= 15 is 0 Å². The first-order chi connectivity index (χ1) is 14.6. The Labute approximate surface area is 180 Å². The molecule has 7 heteroatoms. The maximum absolute atomic E-state index is 12.9. The van der Waals surface area contributed by atoms with Gasteiger partial charge in [0.15, 0.2) is 11.6 Å². The number of ketones is 1. The quantitative estimate of drug-likeness (QED) is 0.369. The molecule has 0 fully saturated rings. The van der Waals surface area contributed by atoms with Gasteiger partial charge in [-0.2, -0.15) is 0 Å². The van der Waals surface area contributed by atoms with Crippen molar-refractivity contribution in [3.8, 4) is 0 Å². The molecule has 5 rings (SSSR count). The van der Waals surface area contributed by atoms with Crippen molar-refractivity contribution in [2.75, 3.05) is 5.32 Å². The minimum Gasteiger partial charge on any atom is -0.337 e. The molecular formula is C23H16BrN5O. The zero-order valence-corrected chi connectivity index (χ0v) is 17.6. The van der Waals surface area contributed by atoms with Gasteiger partial charge in [-0.15, -0.1) is 10.2 Å². The van der Waals surface area contributed by atoms with Crippen LogP contribution in [0.5, 0.6) is 0 Å². The number of rotatable bonds is 4. The zero-order valence-electron chi connectivity index (χ0n) is 16.0. The predicted molar refractivity (Wildman–Crippen MR) is 120 cm³/mol. The van der Waals surface area contributed by atoms with Gasteiger partial charge in [0, 0.05) is 21.3 Å². The SMILES string of the molecule is Cc1nnc2c(Nc3ccc(Br)cc3)nc3ccc(C(=O)c4ccccc4)cc3n12. The molecular weight excluding hydrogens is 442 g/mol. The van der Waals surface area contributed by atoms with Crippen LogP contribution in [0.4, 0.5) is 11.5 Å². The zero-order chi connectivity index (χ0) is 20.7. The number of halogens is 1. The van der Waals surface area contributed by atoms with E-state index in [9.17, 15) is 4.79 Å². The van der Waals surface area contributed by atoms with E-state index in [1.54, 1.807) is 6.07 Å². The third-order valence-electron chi connectivity index (χ3n) is 4.89. The van der Waals surface area contributed by atoms with Crippen LogP contribution in [0.2, 0.25) is 0 Å². The Morgan fingerprint density at radius 3 is 2.47 bits per heavy atom. The first kappa shape index (κ1) is 18.4. The largest absolute Gasteiger partial charge is 0.337 e. The Morgan fingerprint density at radius 1 is 0.933 bits per heavy atom. The molecule has 0 amide bonds. The van der Waals surface area contributed by atoms with Crippen LogP contribution in [0.3, 0.4) is 0 Å². The highest BCUT2D eigenvalue weighted by atomic mass is 79.9. The monoisotopic (exact) mass is 457 g/mol. The van der Waals surface area contributed by atoms with E-state index in [0.29, 0.717) is 22.6 Å². The summed E-state index contributed by atoms with van der Waals surface area (Å²) >= 11 is 3.44. The molecule has 0 aliphatic heterocycles. The van der Waals surface area contributed by atoms with E-state index in [1.807, 2.05) is 78.1 Å². The molecule has 0 aliphatic rings. The van der Waals surface area contributed by atoms with Gasteiger partial charge in [0.25, 0.3) is 0 Å². The number of aromatic nitrogens is 4. The Hall–Kier alpha value is -3.58. The summed E-state index contributed by atoms with van der Waals surface area (Å²) in [6, 6.07) is 22.6. The summed E-state index contributed by atoms with van der Waals surface area (Å²) in [5.74, 6) is 1.29. The lowest BCUT2D eigenvalue weighted by Gasteiger charge is -2.11. The van der Waals surface area contributed by atoms with E-state index in [0.717, 1.165) is 27.0 Å². The van der Waals surface area contributed by atoms with Crippen LogP contribution >= 0.6 is 15.9 Å². The van der Waals surface area contributed by atoms with Crippen molar-refractivity contribution in [3.05, 3.63) is 94.2 Å².